The Morgan fingerprint density at radius 3 is 2.83 bits per heavy atom. The predicted molar refractivity (Wildman–Crippen MR) is 140 cm³/mol. The number of nitrogens with zero attached hydrogens (tertiary/aromatic N) is 3. The molecular formula is C27H33N5O4. The van der Waals surface area contributed by atoms with Crippen LogP contribution < -0.4 is 20.1 Å². The van der Waals surface area contributed by atoms with Gasteiger partial charge in [-0.15, -0.1) is 0 Å². The number of nitrogens with one attached hydrogen (secondary N) is 2. The van der Waals surface area contributed by atoms with Gasteiger partial charge in [-0.05, 0) is 48.7 Å². The van der Waals surface area contributed by atoms with E-state index in [-0.39, 0.29) is 12.3 Å². The van der Waals surface area contributed by atoms with Gasteiger partial charge in [0.15, 0.2) is 17.3 Å². The van der Waals surface area contributed by atoms with Gasteiger partial charge in [-0.3, -0.25) is 14.7 Å². The van der Waals surface area contributed by atoms with Crippen molar-refractivity contribution >= 4 is 23.1 Å². The van der Waals surface area contributed by atoms with Crippen LogP contribution in [0.5, 0.6) is 11.5 Å². The number of ether oxygens (including phenoxy) is 3. The second-order valence-corrected chi connectivity index (χ2v) is 9.22. The molecule has 0 saturated carbocycles. The number of hydrogen-bond donors (Lipinski definition) is 2. The first-order chi connectivity index (χ1) is 17.6. The van der Waals surface area contributed by atoms with Gasteiger partial charge in [0.25, 0.3) is 0 Å². The summed E-state index contributed by atoms with van der Waals surface area (Å²) < 4.78 is 16.3. The molecule has 9 heteroatoms. The molecule has 1 aliphatic carbocycles. The number of aliphatic imine (C=N–C) groups is 2. The summed E-state index contributed by atoms with van der Waals surface area (Å²) in [6, 6.07) is 5.61. The Morgan fingerprint density at radius 1 is 1.19 bits per heavy atom. The largest absolute Gasteiger partial charge is 0.493 e. The first-order valence-corrected chi connectivity index (χ1v) is 12.4. The third-order valence-electron chi connectivity index (χ3n) is 6.93. The molecule has 1 unspecified atom stereocenters. The minimum atomic E-state index is -0.792. The summed E-state index contributed by atoms with van der Waals surface area (Å²) in [5.41, 5.74) is 2.94. The average Bonchev–Trinajstić information content (AvgIpc) is 3.05. The summed E-state index contributed by atoms with van der Waals surface area (Å²) in [5.74, 6) is 1.95. The number of guanidine groups is 1. The van der Waals surface area contributed by atoms with Gasteiger partial charge in [-0.25, -0.2) is 4.99 Å². The van der Waals surface area contributed by atoms with Gasteiger partial charge < -0.3 is 24.8 Å². The lowest BCUT2D eigenvalue weighted by Gasteiger charge is -2.36. The van der Waals surface area contributed by atoms with Gasteiger partial charge in [0.2, 0.25) is 5.96 Å². The maximum atomic E-state index is 12.6. The van der Waals surface area contributed by atoms with E-state index in [4.69, 9.17) is 24.2 Å². The van der Waals surface area contributed by atoms with Crippen LogP contribution in [-0.4, -0.2) is 81.5 Å². The van der Waals surface area contributed by atoms with Crippen LogP contribution in [0, 0.1) is 0 Å². The highest BCUT2D eigenvalue weighted by Gasteiger charge is 2.44. The molecular weight excluding hydrogens is 458 g/mol. The number of hydrogen-bond acceptors (Lipinski definition) is 9. The molecule has 0 bridgehead atoms. The molecule has 1 aromatic rings. The fraction of sp³-hybridized carbons (Fsp3) is 0.444. The highest BCUT2D eigenvalue weighted by atomic mass is 16.5. The van der Waals surface area contributed by atoms with Crippen molar-refractivity contribution in [2.45, 2.75) is 24.8 Å². The Bertz CT molecular complexity index is 1160. The lowest BCUT2D eigenvalue weighted by molar-refractivity contribution is -0.117. The van der Waals surface area contributed by atoms with Gasteiger partial charge in [-0.1, -0.05) is 12.2 Å². The van der Waals surface area contributed by atoms with E-state index in [1.807, 2.05) is 24.4 Å². The van der Waals surface area contributed by atoms with E-state index in [0.717, 1.165) is 68.2 Å². The van der Waals surface area contributed by atoms with E-state index in [1.54, 1.807) is 14.2 Å². The Labute approximate surface area is 211 Å². The molecule has 0 amide bonds. The summed E-state index contributed by atoms with van der Waals surface area (Å²) >= 11 is 0. The fourth-order valence-electron chi connectivity index (χ4n) is 5.08. The predicted octanol–water partition coefficient (Wildman–Crippen LogP) is 2.72. The zero-order valence-corrected chi connectivity index (χ0v) is 20.9. The van der Waals surface area contributed by atoms with E-state index in [0.29, 0.717) is 23.9 Å². The second kappa shape index (κ2) is 10.7. The van der Waals surface area contributed by atoms with Crippen LogP contribution >= 0.6 is 0 Å². The van der Waals surface area contributed by atoms with Crippen molar-refractivity contribution in [3.63, 3.8) is 0 Å². The summed E-state index contributed by atoms with van der Waals surface area (Å²) in [7, 11) is 3.22. The number of morpholine rings is 1. The van der Waals surface area contributed by atoms with E-state index >= 15 is 0 Å². The lowest BCUT2D eigenvalue weighted by Crippen LogP contribution is -2.46. The third kappa shape index (κ3) is 4.94. The minimum absolute atomic E-state index is 0.0943. The molecule has 190 valence electrons. The Kier molecular flexibility index (Phi) is 7.20. The van der Waals surface area contributed by atoms with E-state index < -0.39 is 5.54 Å². The molecule has 1 fully saturated rings. The molecule has 1 saturated heterocycles. The lowest BCUT2D eigenvalue weighted by atomic mass is 9.76. The SMILES string of the molecule is COc1ccc(NC2=NC34C=CC=C(CCCN5CCOCC5)C3=NCC(=O)CC4=CN2)cc1OC. The number of ketones is 1. The number of anilines is 1. The summed E-state index contributed by atoms with van der Waals surface area (Å²) in [4.78, 5) is 24.9. The molecule has 9 nitrogen and oxygen atoms in total. The van der Waals surface area contributed by atoms with Crippen LogP contribution in [0.2, 0.25) is 0 Å². The quantitative estimate of drug-likeness (QED) is 0.605. The van der Waals surface area contributed by atoms with Gasteiger partial charge >= 0.3 is 0 Å². The Morgan fingerprint density at radius 2 is 2.03 bits per heavy atom. The molecule has 1 aromatic carbocycles. The molecule has 36 heavy (non-hydrogen) atoms. The molecule has 3 aliphatic heterocycles. The molecule has 1 atom stereocenters. The average molecular weight is 492 g/mol. The highest BCUT2D eigenvalue weighted by Crippen LogP contribution is 2.38. The number of benzene rings is 1. The minimum Gasteiger partial charge on any atom is -0.493 e. The van der Waals surface area contributed by atoms with Crippen LogP contribution in [0.15, 0.2) is 63.8 Å². The van der Waals surface area contributed by atoms with Crippen molar-refractivity contribution in [1.29, 1.82) is 0 Å². The van der Waals surface area contributed by atoms with Crippen molar-refractivity contribution < 1.29 is 19.0 Å². The number of Topliss-reactive ketones (excluding diaryl/α,β-unsaturated/α-hetero) is 1. The molecule has 4 aliphatic rings. The third-order valence-corrected chi connectivity index (χ3v) is 6.93. The van der Waals surface area contributed by atoms with Crippen LogP contribution in [0.3, 0.4) is 0 Å². The normalized spacial score (nSPS) is 23.7. The number of methoxy groups -OCH3 is 2. The van der Waals surface area contributed by atoms with Gasteiger partial charge in [0.05, 0.1) is 39.7 Å². The van der Waals surface area contributed by atoms with Crippen molar-refractivity contribution in [2.75, 3.05) is 58.9 Å². The zero-order chi connectivity index (χ0) is 25.0. The number of allylic oxidation sites excluding steroid dienone is 2. The molecule has 0 aromatic heterocycles. The number of carbonyl (C=O) groups is 1. The fourth-order valence-corrected chi connectivity index (χ4v) is 5.08. The molecule has 0 radical (unpaired) electrons. The topological polar surface area (TPSA) is 96.8 Å². The summed E-state index contributed by atoms with van der Waals surface area (Å²) in [6.45, 7) is 4.75. The molecule has 3 heterocycles. The van der Waals surface area contributed by atoms with Crippen LogP contribution in [0.1, 0.15) is 19.3 Å². The zero-order valence-electron chi connectivity index (χ0n) is 20.9. The first kappa shape index (κ1) is 24.3. The first-order valence-electron chi connectivity index (χ1n) is 12.4. The Hall–Kier alpha value is -3.43. The van der Waals surface area contributed by atoms with E-state index in [2.05, 4.69) is 33.8 Å². The monoisotopic (exact) mass is 491 g/mol. The van der Waals surface area contributed by atoms with Crippen LogP contribution in [0.25, 0.3) is 0 Å². The number of carbonyl (C=O) groups excluding carboxylic acids is 1. The maximum absolute atomic E-state index is 12.6. The smallest absolute Gasteiger partial charge is 0.201 e. The van der Waals surface area contributed by atoms with Crippen molar-refractivity contribution in [3.8, 4) is 11.5 Å². The van der Waals surface area contributed by atoms with Crippen LogP contribution in [0.4, 0.5) is 5.69 Å². The highest BCUT2D eigenvalue weighted by molar-refractivity contribution is 6.16. The van der Waals surface area contributed by atoms with Gasteiger partial charge in [0.1, 0.15) is 5.54 Å². The van der Waals surface area contributed by atoms with Crippen molar-refractivity contribution in [1.82, 2.24) is 10.2 Å². The van der Waals surface area contributed by atoms with Crippen molar-refractivity contribution in [2.24, 2.45) is 9.98 Å². The van der Waals surface area contributed by atoms with Gasteiger partial charge in [0, 0.05) is 37.5 Å². The number of rotatable bonds is 7. The standard InChI is InChI=1S/C27H33N5O4/c1-34-23-8-7-21(16-24(23)35-2)30-26-29-17-20-15-22(33)18-28-25-19(5-3-9-27(20,25)31-26)6-4-10-32-11-13-36-14-12-32/h3,5,7-9,16-17H,4,6,10-15,18H2,1-2H3,(H2,29,30,31). The maximum Gasteiger partial charge on any atom is 0.201 e. The van der Waals surface area contributed by atoms with E-state index in [9.17, 15) is 4.79 Å². The molecule has 5 rings (SSSR count). The van der Waals surface area contributed by atoms with Gasteiger partial charge in [-0.2, -0.15) is 0 Å². The summed E-state index contributed by atoms with van der Waals surface area (Å²) in [6.07, 6.45) is 10.3. The Balaban J connectivity index is 1.39. The van der Waals surface area contributed by atoms with E-state index in [1.165, 1.54) is 0 Å². The summed E-state index contributed by atoms with van der Waals surface area (Å²) in [5, 5.41) is 6.58. The molecule has 1 spiro atoms. The second-order valence-electron chi connectivity index (χ2n) is 9.22. The molecule has 2 N–H and O–H groups in total. The van der Waals surface area contributed by atoms with Crippen molar-refractivity contribution in [3.05, 3.63) is 53.8 Å². The van der Waals surface area contributed by atoms with Crippen LogP contribution in [-0.2, 0) is 9.53 Å².